The lowest BCUT2D eigenvalue weighted by molar-refractivity contribution is -0.135. The van der Waals surface area contributed by atoms with Crippen molar-refractivity contribution in [1.29, 1.82) is 0 Å². The normalized spacial score (nSPS) is 20.3. The molecule has 0 aliphatic carbocycles. The summed E-state index contributed by atoms with van der Waals surface area (Å²) in [7, 11) is 3.15. The molecule has 0 bridgehead atoms. The van der Waals surface area contributed by atoms with Crippen LogP contribution in [0.1, 0.15) is 53.7 Å². The molecule has 2 amide bonds. The number of aldehydes is 1. The van der Waals surface area contributed by atoms with Crippen molar-refractivity contribution in [3.8, 4) is 0 Å². The van der Waals surface area contributed by atoms with E-state index in [1.165, 1.54) is 21.1 Å². The summed E-state index contributed by atoms with van der Waals surface area (Å²) >= 11 is 1.21. The van der Waals surface area contributed by atoms with E-state index < -0.39 is 23.8 Å². The number of aliphatic hydroxyl groups excluding tert-OH is 1. The summed E-state index contributed by atoms with van der Waals surface area (Å²) in [5.74, 6) is -0.351. The molecule has 7 nitrogen and oxygen atoms in total. The van der Waals surface area contributed by atoms with Crippen LogP contribution in [-0.4, -0.2) is 59.4 Å². The lowest BCUT2D eigenvalue weighted by atomic mass is 9.94. The van der Waals surface area contributed by atoms with Crippen molar-refractivity contribution in [1.82, 2.24) is 9.80 Å². The Balaban J connectivity index is 2.52. The molecular weight excluding hydrogens is 332 g/mol. The maximum atomic E-state index is 12.7. The van der Waals surface area contributed by atoms with Crippen LogP contribution in [0, 0.1) is 0 Å². The fraction of sp³-hybridized carbons (Fsp3) is 0.562. The summed E-state index contributed by atoms with van der Waals surface area (Å²) in [6.45, 7) is 5.10. The molecular formula is C16H22N2O5S. The summed E-state index contributed by atoms with van der Waals surface area (Å²) < 4.78 is 5.37. The highest BCUT2D eigenvalue weighted by molar-refractivity contribution is 7.10. The molecule has 1 aromatic heterocycles. The SMILES string of the molecule is CN(C)C(=O)C1c2c(C=O)csc2C(O)CN1C(=O)OC(C)(C)C. The Morgan fingerprint density at radius 1 is 1.42 bits per heavy atom. The second-order valence-corrected chi connectivity index (χ2v) is 7.78. The first-order valence-corrected chi connectivity index (χ1v) is 8.40. The minimum Gasteiger partial charge on any atom is -0.444 e. The fourth-order valence-corrected chi connectivity index (χ4v) is 3.59. The molecule has 2 heterocycles. The average Bonchev–Trinajstić information content (AvgIpc) is 2.89. The number of carbonyl (C=O) groups excluding carboxylic acids is 3. The van der Waals surface area contributed by atoms with Gasteiger partial charge in [0.2, 0.25) is 5.91 Å². The number of aliphatic hydroxyl groups is 1. The van der Waals surface area contributed by atoms with Crippen LogP contribution in [-0.2, 0) is 9.53 Å². The number of nitrogens with zero attached hydrogens (tertiary/aromatic N) is 2. The second-order valence-electron chi connectivity index (χ2n) is 6.87. The van der Waals surface area contributed by atoms with Crippen LogP contribution >= 0.6 is 11.3 Å². The van der Waals surface area contributed by atoms with Gasteiger partial charge in [-0.2, -0.15) is 0 Å². The zero-order chi connectivity index (χ0) is 18.2. The molecule has 1 aromatic rings. The number of fused-ring (bicyclic) bond motifs is 1. The van der Waals surface area contributed by atoms with Crippen molar-refractivity contribution in [2.45, 2.75) is 38.5 Å². The molecule has 1 aliphatic heterocycles. The predicted octanol–water partition coefficient (Wildman–Crippen LogP) is 1.97. The Bertz CT molecular complexity index is 662. The first-order chi connectivity index (χ1) is 11.1. The minimum atomic E-state index is -0.986. The molecule has 132 valence electrons. The summed E-state index contributed by atoms with van der Waals surface area (Å²) in [5, 5.41) is 11.9. The van der Waals surface area contributed by atoms with Gasteiger partial charge in [-0.05, 0) is 20.8 Å². The van der Waals surface area contributed by atoms with E-state index in [-0.39, 0.29) is 12.5 Å². The standard InChI is InChI=1S/C16H22N2O5S/c1-16(2,3)23-15(22)18-6-10(20)13-11(9(7-19)8-24-13)12(18)14(21)17(4)5/h7-8,10,12,20H,6H2,1-5H3. The van der Waals surface area contributed by atoms with Gasteiger partial charge in [-0.1, -0.05) is 0 Å². The lowest BCUT2D eigenvalue weighted by Gasteiger charge is -2.39. The third kappa shape index (κ3) is 3.44. The molecule has 1 aliphatic rings. The number of amides is 2. The quantitative estimate of drug-likeness (QED) is 0.821. The van der Waals surface area contributed by atoms with Crippen molar-refractivity contribution in [3.63, 3.8) is 0 Å². The second kappa shape index (κ2) is 6.52. The number of hydrogen-bond acceptors (Lipinski definition) is 6. The lowest BCUT2D eigenvalue weighted by Crippen LogP contribution is -2.49. The van der Waals surface area contributed by atoms with Crippen molar-refractivity contribution in [2.24, 2.45) is 0 Å². The van der Waals surface area contributed by atoms with E-state index in [0.717, 1.165) is 0 Å². The first kappa shape index (κ1) is 18.4. The van der Waals surface area contributed by atoms with Gasteiger partial charge in [0, 0.05) is 35.5 Å². The van der Waals surface area contributed by atoms with E-state index in [4.69, 9.17) is 4.74 Å². The van der Waals surface area contributed by atoms with Gasteiger partial charge < -0.3 is 14.7 Å². The molecule has 0 fully saturated rings. The number of carbonyl (C=O) groups is 3. The van der Waals surface area contributed by atoms with Crippen LogP contribution in [0.5, 0.6) is 0 Å². The number of β-amino-alcohol motifs (C(OH)–C–C–N with tert-alkyl or cyclic N) is 1. The van der Waals surface area contributed by atoms with Crippen LogP contribution in [0.15, 0.2) is 5.38 Å². The van der Waals surface area contributed by atoms with Crippen LogP contribution in [0.3, 0.4) is 0 Å². The molecule has 0 spiro atoms. The van der Waals surface area contributed by atoms with E-state index in [1.807, 2.05) is 0 Å². The van der Waals surface area contributed by atoms with E-state index in [1.54, 1.807) is 40.2 Å². The molecule has 2 atom stereocenters. The van der Waals surface area contributed by atoms with Crippen LogP contribution in [0.4, 0.5) is 4.79 Å². The zero-order valence-corrected chi connectivity index (χ0v) is 15.2. The number of thiophene rings is 1. The molecule has 0 aromatic carbocycles. The predicted molar refractivity (Wildman–Crippen MR) is 89.0 cm³/mol. The van der Waals surface area contributed by atoms with Gasteiger partial charge in [-0.15, -0.1) is 11.3 Å². The number of rotatable bonds is 2. The number of likely N-dealkylation sites (N-methyl/N-ethyl adjacent to an activating group) is 1. The molecule has 1 N–H and O–H groups in total. The molecule has 8 heteroatoms. The third-order valence-corrected chi connectivity index (χ3v) is 4.69. The van der Waals surface area contributed by atoms with Crippen LogP contribution in [0.2, 0.25) is 0 Å². The minimum absolute atomic E-state index is 0.0645. The van der Waals surface area contributed by atoms with E-state index >= 15 is 0 Å². The number of ether oxygens (including phenoxy) is 1. The Morgan fingerprint density at radius 3 is 2.54 bits per heavy atom. The van der Waals surface area contributed by atoms with E-state index in [2.05, 4.69) is 0 Å². The Labute approximate surface area is 144 Å². The summed E-state index contributed by atoms with van der Waals surface area (Å²) in [6.07, 6.45) is -1.02. The first-order valence-electron chi connectivity index (χ1n) is 7.52. The van der Waals surface area contributed by atoms with Gasteiger partial charge in [-0.25, -0.2) is 4.79 Å². The molecule has 0 radical (unpaired) electrons. The highest BCUT2D eigenvalue weighted by Crippen LogP contribution is 2.41. The van der Waals surface area contributed by atoms with Gasteiger partial charge in [0.25, 0.3) is 0 Å². The van der Waals surface area contributed by atoms with Gasteiger partial charge in [0.15, 0.2) is 6.29 Å². The van der Waals surface area contributed by atoms with Gasteiger partial charge in [0.1, 0.15) is 17.7 Å². The zero-order valence-electron chi connectivity index (χ0n) is 14.4. The summed E-state index contributed by atoms with van der Waals surface area (Å²) in [5.41, 5.74) is -0.0447. The smallest absolute Gasteiger partial charge is 0.411 e. The van der Waals surface area contributed by atoms with Gasteiger partial charge in [-0.3, -0.25) is 14.5 Å². The molecule has 0 saturated heterocycles. The molecule has 0 saturated carbocycles. The number of hydrogen-bond donors (Lipinski definition) is 1. The molecule has 24 heavy (non-hydrogen) atoms. The van der Waals surface area contributed by atoms with Crippen LogP contribution < -0.4 is 0 Å². The maximum Gasteiger partial charge on any atom is 0.411 e. The molecule has 2 rings (SSSR count). The Hall–Kier alpha value is -1.93. The monoisotopic (exact) mass is 354 g/mol. The third-order valence-electron chi connectivity index (χ3n) is 3.58. The highest BCUT2D eigenvalue weighted by atomic mass is 32.1. The van der Waals surface area contributed by atoms with E-state index in [9.17, 15) is 19.5 Å². The van der Waals surface area contributed by atoms with E-state index in [0.29, 0.717) is 22.3 Å². The van der Waals surface area contributed by atoms with Crippen molar-refractivity contribution < 1.29 is 24.2 Å². The fourth-order valence-electron chi connectivity index (χ4n) is 2.57. The van der Waals surface area contributed by atoms with Gasteiger partial charge in [0.05, 0.1) is 6.54 Å². The maximum absolute atomic E-state index is 12.7. The van der Waals surface area contributed by atoms with Crippen molar-refractivity contribution in [3.05, 3.63) is 21.4 Å². The molecule has 2 unspecified atom stereocenters. The average molecular weight is 354 g/mol. The Kier molecular flexibility index (Phi) is 5.00. The van der Waals surface area contributed by atoms with Crippen LogP contribution in [0.25, 0.3) is 0 Å². The highest BCUT2D eigenvalue weighted by Gasteiger charge is 2.44. The Morgan fingerprint density at radius 2 is 2.04 bits per heavy atom. The summed E-state index contributed by atoms with van der Waals surface area (Å²) in [6, 6.07) is -0.986. The van der Waals surface area contributed by atoms with Crippen molar-refractivity contribution in [2.75, 3.05) is 20.6 Å². The van der Waals surface area contributed by atoms with Gasteiger partial charge >= 0.3 is 6.09 Å². The van der Waals surface area contributed by atoms with Crippen molar-refractivity contribution >= 4 is 29.6 Å². The summed E-state index contributed by atoms with van der Waals surface area (Å²) in [4.78, 5) is 39.7. The topological polar surface area (TPSA) is 87.2 Å². The largest absolute Gasteiger partial charge is 0.444 e.